The highest BCUT2D eigenvalue weighted by Gasteiger charge is 2.20. The summed E-state index contributed by atoms with van der Waals surface area (Å²) in [4.78, 5) is 28.7. The monoisotopic (exact) mass is 315 g/mol. The predicted molar refractivity (Wildman–Crippen MR) is 88.3 cm³/mol. The highest BCUT2D eigenvalue weighted by molar-refractivity contribution is 5.98. The Hall–Kier alpha value is -1.91. The van der Waals surface area contributed by atoms with Gasteiger partial charge in [0, 0.05) is 23.8 Å². The molecular weight excluding hydrogens is 290 g/mol. The van der Waals surface area contributed by atoms with Gasteiger partial charge in [-0.3, -0.25) is 14.6 Å². The van der Waals surface area contributed by atoms with Crippen molar-refractivity contribution < 1.29 is 9.59 Å². The van der Waals surface area contributed by atoms with Gasteiger partial charge in [0.15, 0.2) is 0 Å². The van der Waals surface area contributed by atoms with Gasteiger partial charge in [-0.2, -0.15) is 0 Å². The van der Waals surface area contributed by atoms with Crippen LogP contribution in [0.15, 0.2) is 18.3 Å². The standard InChI is InChI=1S/C18H25N3O2/c22-17(20-14-6-2-1-3-7-14)13-10-11-19-16(12-13)18(23)21-15-8-4-5-9-15/h10-12,14-15H,1-9H2,(H,20,22)(H,21,23). The van der Waals surface area contributed by atoms with E-state index < -0.39 is 0 Å². The molecule has 2 N–H and O–H groups in total. The van der Waals surface area contributed by atoms with Crippen molar-refractivity contribution in [2.24, 2.45) is 0 Å². The van der Waals surface area contributed by atoms with Crippen LogP contribution in [0.2, 0.25) is 0 Å². The molecule has 1 aromatic rings. The second kappa shape index (κ2) is 7.57. The fourth-order valence-electron chi connectivity index (χ4n) is 3.54. The van der Waals surface area contributed by atoms with E-state index in [0.717, 1.165) is 25.7 Å². The van der Waals surface area contributed by atoms with Crippen LogP contribution in [0.1, 0.15) is 78.6 Å². The van der Waals surface area contributed by atoms with Crippen LogP contribution in [-0.2, 0) is 0 Å². The lowest BCUT2D eigenvalue weighted by Gasteiger charge is -2.22. The number of aromatic nitrogens is 1. The van der Waals surface area contributed by atoms with Crippen LogP contribution >= 0.6 is 0 Å². The molecule has 0 aliphatic heterocycles. The summed E-state index contributed by atoms with van der Waals surface area (Å²) in [6, 6.07) is 3.79. The molecule has 124 valence electrons. The Balaban J connectivity index is 1.61. The molecule has 0 spiro atoms. The average molecular weight is 315 g/mol. The number of pyridine rings is 1. The van der Waals surface area contributed by atoms with Crippen LogP contribution in [0, 0.1) is 0 Å². The van der Waals surface area contributed by atoms with Crippen molar-refractivity contribution in [3.8, 4) is 0 Å². The zero-order chi connectivity index (χ0) is 16.1. The minimum Gasteiger partial charge on any atom is -0.349 e. The van der Waals surface area contributed by atoms with E-state index in [4.69, 9.17) is 0 Å². The molecule has 3 rings (SSSR count). The van der Waals surface area contributed by atoms with E-state index in [-0.39, 0.29) is 23.9 Å². The van der Waals surface area contributed by atoms with Gasteiger partial charge in [-0.1, -0.05) is 32.1 Å². The van der Waals surface area contributed by atoms with E-state index in [0.29, 0.717) is 11.3 Å². The molecule has 2 amide bonds. The Labute approximate surface area is 137 Å². The third-order valence-electron chi connectivity index (χ3n) is 4.89. The number of rotatable bonds is 4. The first-order valence-electron chi connectivity index (χ1n) is 8.80. The van der Waals surface area contributed by atoms with Crippen molar-refractivity contribution in [1.82, 2.24) is 15.6 Å². The van der Waals surface area contributed by atoms with Crippen molar-refractivity contribution in [2.75, 3.05) is 0 Å². The Bertz CT molecular complexity index is 561. The first-order valence-corrected chi connectivity index (χ1v) is 8.80. The molecule has 23 heavy (non-hydrogen) atoms. The van der Waals surface area contributed by atoms with Gasteiger partial charge in [-0.15, -0.1) is 0 Å². The third kappa shape index (κ3) is 4.30. The van der Waals surface area contributed by atoms with E-state index in [9.17, 15) is 9.59 Å². The molecule has 0 saturated heterocycles. The minimum absolute atomic E-state index is 0.103. The van der Waals surface area contributed by atoms with Crippen LogP contribution in [0.3, 0.4) is 0 Å². The molecule has 0 aromatic carbocycles. The molecule has 0 unspecified atom stereocenters. The van der Waals surface area contributed by atoms with Crippen LogP contribution < -0.4 is 10.6 Å². The molecule has 2 saturated carbocycles. The van der Waals surface area contributed by atoms with Crippen molar-refractivity contribution >= 4 is 11.8 Å². The summed E-state index contributed by atoms with van der Waals surface area (Å²) >= 11 is 0. The van der Waals surface area contributed by atoms with Crippen molar-refractivity contribution in [3.63, 3.8) is 0 Å². The highest BCUT2D eigenvalue weighted by atomic mass is 16.2. The van der Waals surface area contributed by atoms with Gasteiger partial charge in [0.2, 0.25) is 0 Å². The molecule has 2 aliphatic rings. The first-order chi connectivity index (χ1) is 11.2. The van der Waals surface area contributed by atoms with Gasteiger partial charge >= 0.3 is 0 Å². The molecule has 5 heteroatoms. The molecule has 1 heterocycles. The van der Waals surface area contributed by atoms with E-state index in [1.807, 2.05) is 0 Å². The molecule has 0 bridgehead atoms. The topological polar surface area (TPSA) is 71.1 Å². The Morgan fingerprint density at radius 2 is 1.43 bits per heavy atom. The number of nitrogens with zero attached hydrogens (tertiary/aromatic N) is 1. The number of carbonyl (C=O) groups is 2. The maximum Gasteiger partial charge on any atom is 0.270 e. The maximum absolute atomic E-state index is 12.4. The highest BCUT2D eigenvalue weighted by Crippen LogP contribution is 2.19. The lowest BCUT2D eigenvalue weighted by molar-refractivity contribution is 0.0927. The van der Waals surface area contributed by atoms with E-state index in [1.54, 1.807) is 18.3 Å². The van der Waals surface area contributed by atoms with Gasteiger partial charge in [0.05, 0.1) is 0 Å². The summed E-state index contributed by atoms with van der Waals surface area (Å²) < 4.78 is 0. The summed E-state index contributed by atoms with van der Waals surface area (Å²) in [5.41, 5.74) is 0.843. The summed E-state index contributed by atoms with van der Waals surface area (Å²) in [7, 11) is 0. The number of amides is 2. The summed E-state index contributed by atoms with van der Waals surface area (Å²) in [5.74, 6) is -0.279. The van der Waals surface area contributed by atoms with Gasteiger partial charge in [0.1, 0.15) is 5.69 Å². The average Bonchev–Trinajstić information content (AvgIpc) is 3.09. The van der Waals surface area contributed by atoms with Crippen LogP contribution in [-0.4, -0.2) is 28.9 Å². The largest absolute Gasteiger partial charge is 0.349 e. The Kier molecular flexibility index (Phi) is 5.26. The zero-order valence-corrected chi connectivity index (χ0v) is 13.5. The quantitative estimate of drug-likeness (QED) is 0.897. The maximum atomic E-state index is 12.4. The Morgan fingerprint density at radius 3 is 2.09 bits per heavy atom. The van der Waals surface area contributed by atoms with E-state index >= 15 is 0 Å². The fourth-order valence-corrected chi connectivity index (χ4v) is 3.54. The second-order valence-electron chi connectivity index (χ2n) is 6.69. The van der Waals surface area contributed by atoms with Gasteiger partial charge in [-0.05, 0) is 37.8 Å². The minimum atomic E-state index is -0.177. The predicted octanol–water partition coefficient (Wildman–Crippen LogP) is 2.82. The Morgan fingerprint density at radius 1 is 0.870 bits per heavy atom. The molecule has 1 aromatic heterocycles. The van der Waals surface area contributed by atoms with E-state index in [2.05, 4.69) is 15.6 Å². The molecule has 0 radical (unpaired) electrons. The third-order valence-corrected chi connectivity index (χ3v) is 4.89. The number of carbonyl (C=O) groups excluding carboxylic acids is 2. The lowest BCUT2D eigenvalue weighted by Crippen LogP contribution is -2.36. The second-order valence-corrected chi connectivity index (χ2v) is 6.69. The first kappa shape index (κ1) is 16.0. The summed E-state index contributed by atoms with van der Waals surface area (Å²) in [6.07, 6.45) is 11.7. The number of hydrogen-bond acceptors (Lipinski definition) is 3. The normalized spacial score (nSPS) is 19.5. The molecule has 0 atom stereocenters. The van der Waals surface area contributed by atoms with Crippen molar-refractivity contribution in [3.05, 3.63) is 29.6 Å². The van der Waals surface area contributed by atoms with Gasteiger partial charge in [-0.25, -0.2) is 0 Å². The summed E-state index contributed by atoms with van der Waals surface area (Å²) in [5, 5.41) is 6.09. The van der Waals surface area contributed by atoms with Crippen molar-refractivity contribution in [1.29, 1.82) is 0 Å². The zero-order valence-electron chi connectivity index (χ0n) is 13.5. The van der Waals surface area contributed by atoms with Crippen molar-refractivity contribution in [2.45, 2.75) is 69.9 Å². The number of nitrogens with one attached hydrogen (secondary N) is 2. The number of hydrogen-bond donors (Lipinski definition) is 2. The molecular formula is C18H25N3O2. The molecule has 5 nitrogen and oxygen atoms in total. The lowest BCUT2D eigenvalue weighted by atomic mass is 9.95. The van der Waals surface area contributed by atoms with E-state index in [1.165, 1.54) is 32.1 Å². The van der Waals surface area contributed by atoms with Gasteiger partial charge in [0.25, 0.3) is 11.8 Å². The molecule has 2 aliphatic carbocycles. The molecule has 2 fully saturated rings. The van der Waals surface area contributed by atoms with Crippen LogP contribution in [0.4, 0.5) is 0 Å². The smallest absolute Gasteiger partial charge is 0.270 e. The van der Waals surface area contributed by atoms with Crippen LogP contribution in [0.5, 0.6) is 0 Å². The van der Waals surface area contributed by atoms with Crippen LogP contribution in [0.25, 0.3) is 0 Å². The SMILES string of the molecule is O=C(NC1CCCCC1)c1ccnc(C(=O)NC2CCCC2)c1. The van der Waals surface area contributed by atoms with Gasteiger partial charge < -0.3 is 10.6 Å². The fraction of sp³-hybridized carbons (Fsp3) is 0.611. The summed E-state index contributed by atoms with van der Waals surface area (Å²) in [6.45, 7) is 0.